The fourth-order valence-corrected chi connectivity index (χ4v) is 2.59. The van der Waals surface area contributed by atoms with Crippen molar-refractivity contribution in [3.63, 3.8) is 0 Å². The molecule has 1 fully saturated rings. The van der Waals surface area contributed by atoms with Gasteiger partial charge in [0.1, 0.15) is 0 Å². The molecule has 2 heterocycles. The number of rotatable bonds is 1. The van der Waals surface area contributed by atoms with Gasteiger partial charge in [-0.15, -0.1) is 0 Å². The third-order valence-electron chi connectivity index (χ3n) is 3.74. The lowest BCUT2D eigenvalue weighted by atomic mass is 9.98. The number of ether oxygens (including phenoxy) is 1. The zero-order chi connectivity index (χ0) is 12.5. The number of hydrogen-bond acceptors (Lipinski definition) is 3. The molecule has 3 rings (SSSR count). The molecule has 0 bridgehead atoms. The SMILES string of the molecule is CN1Cc2cc(N3CCOCC3)ccc2CC1=O. The van der Waals surface area contributed by atoms with E-state index in [1.165, 1.54) is 16.8 Å². The molecule has 4 nitrogen and oxygen atoms in total. The topological polar surface area (TPSA) is 32.8 Å². The van der Waals surface area contributed by atoms with E-state index < -0.39 is 0 Å². The third kappa shape index (κ3) is 2.08. The number of carbonyl (C=O) groups excluding carboxylic acids is 1. The Morgan fingerprint density at radius 1 is 1.17 bits per heavy atom. The first-order chi connectivity index (χ1) is 8.74. The number of benzene rings is 1. The molecule has 0 saturated carbocycles. The molecule has 0 N–H and O–H groups in total. The minimum absolute atomic E-state index is 0.210. The van der Waals surface area contributed by atoms with Gasteiger partial charge in [-0.3, -0.25) is 4.79 Å². The van der Waals surface area contributed by atoms with Crippen LogP contribution in [0.3, 0.4) is 0 Å². The maximum atomic E-state index is 11.6. The van der Waals surface area contributed by atoms with E-state index in [1.54, 1.807) is 4.90 Å². The van der Waals surface area contributed by atoms with Crippen molar-refractivity contribution in [2.75, 3.05) is 38.3 Å². The Morgan fingerprint density at radius 2 is 1.94 bits per heavy atom. The highest BCUT2D eigenvalue weighted by Gasteiger charge is 2.21. The van der Waals surface area contributed by atoms with Crippen molar-refractivity contribution in [3.05, 3.63) is 29.3 Å². The summed E-state index contributed by atoms with van der Waals surface area (Å²) in [4.78, 5) is 15.8. The van der Waals surface area contributed by atoms with Crippen molar-refractivity contribution in [2.45, 2.75) is 13.0 Å². The maximum Gasteiger partial charge on any atom is 0.227 e. The molecule has 0 atom stereocenters. The molecule has 0 spiro atoms. The summed E-state index contributed by atoms with van der Waals surface area (Å²) in [5, 5.41) is 0. The van der Waals surface area contributed by atoms with Gasteiger partial charge in [0, 0.05) is 32.4 Å². The molecule has 96 valence electrons. The van der Waals surface area contributed by atoms with E-state index in [4.69, 9.17) is 4.74 Å². The Labute approximate surface area is 107 Å². The molecular formula is C14H18N2O2. The number of morpholine rings is 1. The first-order valence-electron chi connectivity index (χ1n) is 6.42. The molecule has 1 aromatic rings. The smallest absolute Gasteiger partial charge is 0.227 e. The summed E-state index contributed by atoms with van der Waals surface area (Å²) in [6.07, 6.45) is 0.537. The fourth-order valence-electron chi connectivity index (χ4n) is 2.59. The summed E-state index contributed by atoms with van der Waals surface area (Å²) in [6.45, 7) is 4.23. The molecule has 4 heteroatoms. The van der Waals surface area contributed by atoms with Crippen molar-refractivity contribution in [1.29, 1.82) is 0 Å². The van der Waals surface area contributed by atoms with Crippen LogP contribution in [0.1, 0.15) is 11.1 Å². The third-order valence-corrected chi connectivity index (χ3v) is 3.74. The quantitative estimate of drug-likeness (QED) is 0.742. The summed E-state index contributed by atoms with van der Waals surface area (Å²) < 4.78 is 5.37. The van der Waals surface area contributed by atoms with E-state index in [2.05, 4.69) is 23.1 Å². The Morgan fingerprint density at radius 3 is 2.72 bits per heavy atom. The van der Waals surface area contributed by atoms with Crippen LogP contribution >= 0.6 is 0 Å². The van der Waals surface area contributed by atoms with Gasteiger partial charge in [0.2, 0.25) is 5.91 Å². The second kappa shape index (κ2) is 4.61. The molecule has 18 heavy (non-hydrogen) atoms. The van der Waals surface area contributed by atoms with Gasteiger partial charge in [0.05, 0.1) is 19.6 Å². The van der Waals surface area contributed by atoms with Crippen LogP contribution in [0.2, 0.25) is 0 Å². The Balaban J connectivity index is 1.86. The highest BCUT2D eigenvalue weighted by molar-refractivity contribution is 5.81. The normalized spacial score (nSPS) is 19.9. The van der Waals surface area contributed by atoms with Crippen molar-refractivity contribution in [2.24, 2.45) is 0 Å². The van der Waals surface area contributed by atoms with Crippen LogP contribution in [0, 0.1) is 0 Å². The van der Waals surface area contributed by atoms with Crippen LogP contribution in [0.5, 0.6) is 0 Å². The molecule has 1 amide bonds. The van der Waals surface area contributed by atoms with Gasteiger partial charge in [-0.25, -0.2) is 0 Å². The first kappa shape index (κ1) is 11.5. The minimum atomic E-state index is 0.210. The maximum absolute atomic E-state index is 11.6. The summed E-state index contributed by atoms with van der Waals surface area (Å²) in [5.74, 6) is 0.210. The molecular weight excluding hydrogens is 228 g/mol. The fraction of sp³-hybridized carbons (Fsp3) is 0.500. The van der Waals surface area contributed by atoms with Gasteiger partial charge in [-0.2, -0.15) is 0 Å². The lowest BCUT2D eigenvalue weighted by molar-refractivity contribution is -0.130. The zero-order valence-corrected chi connectivity index (χ0v) is 10.7. The van der Waals surface area contributed by atoms with Crippen LogP contribution in [0.25, 0.3) is 0 Å². The predicted molar refractivity (Wildman–Crippen MR) is 69.7 cm³/mol. The molecule has 0 aliphatic carbocycles. The highest BCUT2D eigenvalue weighted by Crippen LogP contribution is 2.25. The molecule has 2 aliphatic heterocycles. The Hall–Kier alpha value is -1.55. The molecule has 0 aromatic heterocycles. The second-order valence-electron chi connectivity index (χ2n) is 4.98. The van der Waals surface area contributed by atoms with E-state index in [9.17, 15) is 4.79 Å². The van der Waals surface area contributed by atoms with E-state index in [0.717, 1.165) is 32.8 Å². The number of nitrogens with zero attached hydrogens (tertiary/aromatic N) is 2. The zero-order valence-electron chi connectivity index (χ0n) is 10.7. The number of likely N-dealkylation sites (N-methyl/N-ethyl adjacent to an activating group) is 1. The van der Waals surface area contributed by atoms with Crippen molar-refractivity contribution in [1.82, 2.24) is 4.90 Å². The summed E-state index contributed by atoms with van der Waals surface area (Å²) in [7, 11) is 1.87. The molecule has 1 saturated heterocycles. The number of carbonyl (C=O) groups is 1. The summed E-state index contributed by atoms with van der Waals surface area (Å²) >= 11 is 0. The second-order valence-corrected chi connectivity index (χ2v) is 4.98. The standard InChI is InChI=1S/C14H18N2O2/c1-15-10-12-8-13(16-4-6-18-7-5-16)3-2-11(12)9-14(15)17/h2-3,8H,4-7,9-10H2,1H3. The average Bonchev–Trinajstić information content (AvgIpc) is 2.41. The largest absolute Gasteiger partial charge is 0.378 e. The number of hydrogen-bond donors (Lipinski definition) is 0. The van der Waals surface area contributed by atoms with Crippen LogP contribution in [0.4, 0.5) is 5.69 Å². The molecule has 0 unspecified atom stereocenters. The van der Waals surface area contributed by atoms with Crippen LogP contribution < -0.4 is 4.90 Å². The lowest BCUT2D eigenvalue weighted by Gasteiger charge is -2.31. The number of anilines is 1. The van der Waals surface area contributed by atoms with Gasteiger partial charge in [0.25, 0.3) is 0 Å². The van der Waals surface area contributed by atoms with Crippen LogP contribution in [-0.2, 0) is 22.5 Å². The van der Waals surface area contributed by atoms with Crippen LogP contribution in [0.15, 0.2) is 18.2 Å². The first-order valence-corrected chi connectivity index (χ1v) is 6.42. The summed E-state index contributed by atoms with van der Waals surface area (Å²) in [5.41, 5.74) is 3.70. The monoisotopic (exact) mass is 246 g/mol. The highest BCUT2D eigenvalue weighted by atomic mass is 16.5. The van der Waals surface area contributed by atoms with Gasteiger partial charge < -0.3 is 14.5 Å². The summed E-state index contributed by atoms with van der Waals surface area (Å²) in [6, 6.07) is 6.46. The lowest BCUT2D eigenvalue weighted by Crippen LogP contribution is -2.37. The van der Waals surface area contributed by atoms with Gasteiger partial charge >= 0.3 is 0 Å². The Kier molecular flexibility index (Phi) is 2.96. The predicted octanol–water partition coefficient (Wildman–Crippen LogP) is 1.04. The average molecular weight is 246 g/mol. The molecule has 0 radical (unpaired) electrons. The Bertz CT molecular complexity index is 467. The van der Waals surface area contributed by atoms with E-state index in [-0.39, 0.29) is 5.91 Å². The van der Waals surface area contributed by atoms with E-state index in [0.29, 0.717) is 6.42 Å². The van der Waals surface area contributed by atoms with Crippen molar-refractivity contribution < 1.29 is 9.53 Å². The van der Waals surface area contributed by atoms with Gasteiger partial charge in [-0.05, 0) is 23.3 Å². The number of amides is 1. The molecule has 1 aromatic carbocycles. The van der Waals surface area contributed by atoms with Gasteiger partial charge in [0.15, 0.2) is 0 Å². The minimum Gasteiger partial charge on any atom is -0.378 e. The van der Waals surface area contributed by atoms with Crippen molar-refractivity contribution >= 4 is 11.6 Å². The van der Waals surface area contributed by atoms with Crippen molar-refractivity contribution in [3.8, 4) is 0 Å². The molecule has 2 aliphatic rings. The van der Waals surface area contributed by atoms with Crippen LogP contribution in [-0.4, -0.2) is 44.2 Å². The van der Waals surface area contributed by atoms with E-state index in [1.807, 2.05) is 7.05 Å². The number of fused-ring (bicyclic) bond motifs is 1. The van der Waals surface area contributed by atoms with Gasteiger partial charge in [-0.1, -0.05) is 6.07 Å². The van der Waals surface area contributed by atoms with E-state index >= 15 is 0 Å².